The highest BCUT2D eigenvalue weighted by atomic mass is 16.5. The van der Waals surface area contributed by atoms with E-state index in [1.54, 1.807) is 7.11 Å². The van der Waals surface area contributed by atoms with Crippen LogP contribution in [0.2, 0.25) is 0 Å². The zero-order valence-corrected chi connectivity index (χ0v) is 19.5. The molecule has 172 valence electrons. The SMILES string of the molecule is COc1cccc(CNC(=O)C2CCN(CCC(c3ccccc3)c3ccccc3)CC2)c1. The Labute approximate surface area is 197 Å². The molecule has 3 aromatic rings. The molecule has 0 aromatic heterocycles. The molecule has 0 unspecified atom stereocenters. The van der Waals surface area contributed by atoms with Crippen LogP contribution in [0, 0.1) is 5.92 Å². The number of nitrogens with one attached hydrogen (secondary N) is 1. The van der Waals surface area contributed by atoms with Crippen molar-refractivity contribution in [3.05, 3.63) is 102 Å². The van der Waals surface area contributed by atoms with E-state index >= 15 is 0 Å². The molecule has 0 aliphatic carbocycles. The molecule has 4 heteroatoms. The maximum Gasteiger partial charge on any atom is 0.223 e. The molecule has 1 aliphatic rings. The minimum Gasteiger partial charge on any atom is -0.497 e. The van der Waals surface area contributed by atoms with Crippen molar-refractivity contribution >= 4 is 5.91 Å². The summed E-state index contributed by atoms with van der Waals surface area (Å²) in [5.74, 6) is 1.49. The van der Waals surface area contributed by atoms with Crippen molar-refractivity contribution in [3.8, 4) is 5.75 Å². The van der Waals surface area contributed by atoms with Gasteiger partial charge >= 0.3 is 0 Å². The number of methoxy groups -OCH3 is 1. The molecule has 1 amide bonds. The number of carbonyl (C=O) groups is 1. The lowest BCUT2D eigenvalue weighted by atomic mass is 9.88. The number of nitrogens with zero attached hydrogens (tertiary/aromatic N) is 1. The van der Waals surface area contributed by atoms with E-state index in [0.29, 0.717) is 12.5 Å². The molecule has 1 N–H and O–H groups in total. The highest BCUT2D eigenvalue weighted by molar-refractivity contribution is 5.78. The average Bonchev–Trinajstić information content (AvgIpc) is 2.89. The Kier molecular flexibility index (Phi) is 8.15. The number of benzene rings is 3. The summed E-state index contributed by atoms with van der Waals surface area (Å²) < 4.78 is 5.27. The van der Waals surface area contributed by atoms with Crippen LogP contribution in [0.15, 0.2) is 84.9 Å². The quantitative estimate of drug-likeness (QED) is 0.492. The van der Waals surface area contributed by atoms with Gasteiger partial charge < -0.3 is 15.0 Å². The number of rotatable bonds is 9. The summed E-state index contributed by atoms with van der Waals surface area (Å²) >= 11 is 0. The van der Waals surface area contributed by atoms with Crippen LogP contribution in [0.1, 0.15) is 41.9 Å². The second-order valence-corrected chi connectivity index (χ2v) is 8.85. The molecule has 0 spiro atoms. The molecule has 0 atom stereocenters. The molecule has 1 fully saturated rings. The van der Waals surface area contributed by atoms with Gasteiger partial charge in [0.05, 0.1) is 7.11 Å². The van der Waals surface area contributed by atoms with Crippen molar-refractivity contribution in [1.82, 2.24) is 10.2 Å². The van der Waals surface area contributed by atoms with Gasteiger partial charge in [0.15, 0.2) is 0 Å². The highest BCUT2D eigenvalue weighted by Gasteiger charge is 2.25. The van der Waals surface area contributed by atoms with Gasteiger partial charge in [0, 0.05) is 18.4 Å². The van der Waals surface area contributed by atoms with Crippen LogP contribution in [0.4, 0.5) is 0 Å². The zero-order valence-electron chi connectivity index (χ0n) is 19.5. The highest BCUT2D eigenvalue weighted by Crippen LogP contribution is 2.29. The van der Waals surface area contributed by atoms with Crippen molar-refractivity contribution in [2.24, 2.45) is 5.92 Å². The normalized spacial score (nSPS) is 14.8. The van der Waals surface area contributed by atoms with E-state index in [1.807, 2.05) is 24.3 Å². The molecule has 1 saturated heterocycles. The van der Waals surface area contributed by atoms with Crippen LogP contribution in [-0.2, 0) is 11.3 Å². The summed E-state index contributed by atoms with van der Waals surface area (Å²) in [6, 6.07) is 29.5. The summed E-state index contributed by atoms with van der Waals surface area (Å²) in [5, 5.41) is 3.12. The first kappa shape index (κ1) is 23.1. The van der Waals surface area contributed by atoms with Crippen LogP contribution >= 0.6 is 0 Å². The minimum atomic E-state index is 0.103. The lowest BCUT2D eigenvalue weighted by Crippen LogP contribution is -2.40. The van der Waals surface area contributed by atoms with Gasteiger partial charge in [-0.15, -0.1) is 0 Å². The molecule has 4 rings (SSSR count). The average molecular weight is 443 g/mol. The largest absolute Gasteiger partial charge is 0.497 e. The van der Waals surface area contributed by atoms with Gasteiger partial charge in [0.1, 0.15) is 5.75 Å². The van der Waals surface area contributed by atoms with E-state index in [4.69, 9.17) is 4.74 Å². The Morgan fingerprint density at radius 3 is 2.18 bits per heavy atom. The lowest BCUT2D eigenvalue weighted by molar-refractivity contribution is -0.126. The molecule has 1 aliphatic heterocycles. The number of carbonyl (C=O) groups excluding carboxylic acids is 1. The maximum atomic E-state index is 12.7. The number of hydrogen-bond donors (Lipinski definition) is 1. The van der Waals surface area contributed by atoms with Crippen molar-refractivity contribution in [1.29, 1.82) is 0 Å². The lowest BCUT2D eigenvalue weighted by Gasteiger charge is -2.32. The number of likely N-dealkylation sites (tertiary alicyclic amines) is 1. The summed E-state index contributed by atoms with van der Waals surface area (Å²) in [6.07, 6.45) is 2.93. The Morgan fingerprint density at radius 2 is 1.58 bits per heavy atom. The summed E-state index contributed by atoms with van der Waals surface area (Å²) in [6.45, 7) is 3.56. The number of ether oxygens (including phenoxy) is 1. The van der Waals surface area contributed by atoms with Crippen molar-refractivity contribution < 1.29 is 9.53 Å². The fraction of sp³-hybridized carbons (Fsp3) is 0.345. The third-order valence-electron chi connectivity index (χ3n) is 6.70. The first-order chi connectivity index (χ1) is 16.2. The second kappa shape index (κ2) is 11.7. The van der Waals surface area contributed by atoms with Gasteiger partial charge in [-0.25, -0.2) is 0 Å². The van der Waals surface area contributed by atoms with Crippen LogP contribution in [0.3, 0.4) is 0 Å². The molecule has 1 heterocycles. The first-order valence-electron chi connectivity index (χ1n) is 12.0. The topological polar surface area (TPSA) is 41.6 Å². The van der Waals surface area contributed by atoms with Crippen LogP contribution in [0.25, 0.3) is 0 Å². The number of piperidine rings is 1. The summed E-state index contributed by atoms with van der Waals surface area (Å²) in [5.41, 5.74) is 3.80. The van der Waals surface area contributed by atoms with Gasteiger partial charge in [0.25, 0.3) is 0 Å². The van der Waals surface area contributed by atoms with Crippen LogP contribution in [-0.4, -0.2) is 37.6 Å². The fourth-order valence-electron chi connectivity index (χ4n) is 4.74. The minimum absolute atomic E-state index is 0.103. The fourth-order valence-corrected chi connectivity index (χ4v) is 4.74. The van der Waals surface area contributed by atoms with Gasteiger partial charge in [-0.05, 0) is 67.7 Å². The van der Waals surface area contributed by atoms with E-state index in [1.165, 1.54) is 11.1 Å². The van der Waals surface area contributed by atoms with Crippen molar-refractivity contribution in [2.75, 3.05) is 26.7 Å². The molecule has 33 heavy (non-hydrogen) atoms. The molecule has 0 radical (unpaired) electrons. The van der Waals surface area contributed by atoms with E-state index in [-0.39, 0.29) is 11.8 Å². The van der Waals surface area contributed by atoms with Gasteiger partial charge in [-0.1, -0.05) is 72.8 Å². The van der Waals surface area contributed by atoms with E-state index in [2.05, 4.69) is 70.9 Å². The Morgan fingerprint density at radius 1 is 0.939 bits per heavy atom. The van der Waals surface area contributed by atoms with Crippen molar-refractivity contribution in [2.45, 2.75) is 31.7 Å². The maximum absolute atomic E-state index is 12.7. The second-order valence-electron chi connectivity index (χ2n) is 8.85. The van der Waals surface area contributed by atoms with Gasteiger partial charge in [0.2, 0.25) is 5.91 Å². The van der Waals surface area contributed by atoms with Crippen LogP contribution in [0.5, 0.6) is 5.75 Å². The van der Waals surface area contributed by atoms with E-state index < -0.39 is 0 Å². The van der Waals surface area contributed by atoms with Gasteiger partial charge in [-0.3, -0.25) is 4.79 Å². The molecular weight excluding hydrogens is 408 g/mol. The zero-order chi connectivity index (χ0) is 22.9. The smallest absolute Gasteiger partial charge is 0.223 e. The van der Waals surface area contributed by atoms with Gasteiger partial charge in [-0.2, -0.15) is 0 Å². The summed E-state index contributed by atoms with van der Waals surface area (Å²) in [4.78, 5) is 15.2. The third kappa shape index (κ3) is 6.45. The molecule has 0 bridgehead atoms. The Hall–Kier alpha value is -3.11. The first-order valence-corrected chi connectivity index (χ1v) is 12.0. The molecule has 4 nitrogen and oxygen atoms in total. The standard InChI is InChI=1S/C29H34N2O2/c1-33-27-14-8-9-23(21-27)22-30-29(32)26-15-18-31(19-16-26)20-17-28(24-10-4-2-5-11-24)25-12-6-3-7-13-25/h2-14,21,26,28H,15-20,22H2,1H3,(H,30,32). The predicted octanol–water partition coefficient (Wildman–Crippen LogP) is 5.25. The predicted molar refractivity (Wildman–Crippen MR) is 133 cm³/mol. The third-order valence-corrected chi connectivity index (χ3v) is 6.70. The summed E-state index contributed by atoms with van der Waals surface area (Å²) in [7, 11) is 1.66. The molecule has 3 aromatic carbocycles. The Bertz CT molecular complexity index is 959. The Balaban J connectivity index is 1.26. The van der Waals surface area contributed by atoms with E-state index in [0.717, 1.165) is 50.2 Å². The van der Waals surface area contributed by atoms with E-state index in [9.17, 15) is 4.79 Å². The number of amides is 1. The van der Waals surface area contributed by atoms with Crippen molar-refractivity contribution in [3.63, 3.8) is 0 Å². The molecular formula is C29H34N2O2. The van der Waals surface area contributed by atoms with Crippen LogP contribution < -0.4 is 10.1 Å². The number of hydrogen-bond acceptors (Lipinski definition) is 3. The molecule has 0 saturated carbocycles. The monoisotopic (exact) mass is 442 g/mol.